The number of nitrogens with one attached hydrogen (secondary N) is 1. The molecule has 2 heterocycles. The van der Waals surface area contributed by atoms with Crippen molar-refractivity contribution < 1.29 is 13.9 Å². The average molecular weight is 417 g/mol. The fourth-order valence-electron chi connectivity index (χ4n) is 4.87. The van der Waals surface area contributed by atoms with Crippen LogP contribution in [0.4, 0.5) is 15.8 Å². The van der Waals surface area contributed by atoms with Crippen LogP contribution in [0.25, 0.3) is 0 Å². The molecule has 2 unspecified atom stereocenters. The number of nitrogens with zero attached hydrogens (tertiary/aromatic N) is 2. The van der Waals surface area contributed by atoms with E-state index in [1.807, 2.05) is 24.1 Å². The van der Waals surface area contributed by atoms with Gasteiger partial charge in [-0.1, -0.05) is 12.1 Å². The fourth-order valence-corrected chi connectivity index (χ4v) is 4.87. The van der Waals surface area contributed by atoms with E-state index >= 15 is 0 Å². The number of halogens is 1. The molecule has 158 valence electrons. The molecule has 0 aliphatic carbocycles. The van der Waals surface area contributed by atoms with Gasteiger partial charge < -0.3 is 24.6 Å². The summed E-state index contributed by atoms with van der Waals surface area (Å²) in [6.45, 7) is 3.23. The number of hydrogen-bond donors (Lipinski definition) is 1. The lowest BCUT2D eigenvalue weighted by Crippen LogP contribution is -2.58. The summed E-state index contributed by atoms with van der Waals surface area (Å²) in [6, 6.07) is 12.3. The topological polar surface area (TPSA) is 44.8 Å². The third-order valence-electron chi connectivity index (χ3n) is 6.28. The van der Waals surface area contributed by atoms with E-state index in [9.17, 15) is 9.18 Å². The number of para-hydroxylation sites is 1. The van der Waals surface area contributed by atoms with Crippen LogP contribution in [-0.4, -0.2) is 71.5 Å². The second-order valence-electron chi connectivity index (χ2n) is 8.29. The molecule has 2 aromatic carbocycles. The highest BCUT2D eigenvalue weighted by Crippen LogP contribution is 2.49. The minimum absolute atomic E-state index is 0.0800. The van der Waals surface area contributed by atoms with Crippen LogP contribution in [0.2, 0.25) is 0 Å². The molecule has 0 bridgehead atoms. The summed E-state index contributed by atoms with van der Waals surface area (Å²) in [7, 11) is 14.3. The van der Waals surface area contributed by atoms with Gasteiger partial charge in [-0.05, 0) is 48.7 Å². The first-order valence-electron chi connectivity index (χ1n) is 10.7. The van der Waals surface area contributed by atoms with Crippen molar-refractivity contribution >= 4 is 33.4 Å². The van der Waals surface area contributed by atoms with E-state index in [2.05, 4.69) is 16.3 Å². The van der Waals surface area contributed by atoms with Gasteiger partial charge in [0.1, 0.15) is 33.5 Å². The number of anilines is 2. The lowest BCUT2D eigenvalue weighted by atomic mass is 9.61. The fraction of sp³-hybridized carbons (Fsp3) is 0.435. The van der Waals surface area contributed by atoms with Crippen LogP contribution in [0.1, 0.15) is 24.3 Å². The molecular weight excluding hydrogens is 391 g/mol. The first-order chi connectivity index (χ1) is 14.9. The Morgan fingerprint density at radius 1 is 1.26 bits per heavy atom. The maximum Gasteiger partial charge on any atom is 0.127 e. The molecule has 2 aliphatic rings. The molecule has 0 aromatic heterocycles. The van der Waals surface area contributed by atoms with E-state index in [4.69, 9.17) is 20.4 Å². The standard InChI is InChI=1S/C23H26B2FN3O2/c1-27-20-5-2-4-18-19-14-28(11-3-13-31-17-8-6-16(26)7-9-17)12-10-21(19)29(22(18)20)23(24,25)15-30/h2,4-9,15,19,21,27H,3,10-14H2,1H3. The van der Waals surface area contributed by atoms with Gasteiger partial charge in [0.05, 0.1) is 18.0 Å². The first-order valence-corrected chi connectivity index (χ1v) is 10.7. The van der Waals surface area contributed by atoms with E-state index < -0.39 is 5.34 Å². The van der Waals surface area contributed by atoms with Crippen molar-refractivity contribution in [2.45, 2.75) is 30.1 Å². The predicted molar refractivity (Wildman–Crippen MR) is 123 cm³/mol. The van der Waals surface area contributed by atoms with Crippen molar-refractivity contribution in [2.24, 2.45) is 0 Å². The number of carbonyl (C=O) groups excluding carboxylic acids is 1. The molecule has 2 atom stereocenters. The average Bonchev–Trinajstić information content (AvgIpc) is 3.12. The molecular formula is C23H26B2FN3O2. The first kappa shape index (κ1) is 21.8. The summed E-state index contributed by atoms with van der Waals surface area (Å²) < 4.78 is 18.7. The third-order valence-corrected chi connectivity index (χ3v) is 6.28. The number of carbonyl (C=O) groups is 1. The zero-order valence-corrected chi connectivity index (χ0v) is 17.8. The van der Waals surface area contributed by atoms with E-state index in [1.165, 1.54) is 17.7 Å². The molecule has 2 aliphatic heterocycles. The molecule has 0 saturated carbocycles. The number of ether oxygens (including phenoxy) is 1. The Labute approximate surface area is 185 Å². The number of benzene rings is 2. The largest absolute Gasteiger partial charge is 0.494 e. The highest BCUT2D eigenvalue weighted by atomic mass is 19.1. The monoisotopic (exact) mass is 417 g/mol. The van der Waals surface area contributed by atoms with Gasteiger partial charge >= 0.3 is 0 Å². The van der Waals surface area contributed by atoms with Crippen molar-refractivity contribution in [1.29, 1.82) is 0 Å². The summed E-state index contributed by atoms with van der Waals surface area (Å²) in [5, 5.41) is 1.66. The second-order valence-corrected chi connectivity index (χ2v) is 8.29. The molecule has 1 N–H and O–H groups in total. The summed E-state index contributed by atoms with van der Waals surface area (Å²) in [5.74, 6) is 0.633. The third kappa shape index (κ3) is 4.31. The lowest BCUT2D eigenvalue weighted by Gasteiger charge is -2.45. The summed E-state index contributed by atoms with van der Waals surface area (Å²) in [6.07, 6.45) is 2.37. The van der Waals surface area contributed by atoms with Crippen molar-refractivity contribution in [3.8, 4) is 5.75 Å². The molecule has 1 saturated heterocycles. The molecule has 5 nitrogen and oxygen atoms in total. The molecule has 4 rings (SSSR count). The Balaban J connectivity index is 1.43. The van der Waals surface area contributed by atoms with Crippen molar-refractivity contribution in [3.63, 3.8) is 0 Å². The maximum atomic E-state index is 13.0. The Bertz CT molecular complexity index is 926. The summed E-state index contributed by atoms with van der Waals surface area (Å²) in [4.78, 5) is 16.0. The Morgan fingerprint density at radius 3 is 2.74 bits per heavy atom. The lowest BCUT2D eigenvalue weighted by molar-refractivity contribution is -0.108. The van der Waals surface area contributed by atoms with Gasteiger partial charge in [-0.15, -0.1) is 0 Å². The van der Waals surface area contributed by atoms with Gasteiger partial charge in [0.2, 0.25) is 0 Å². The molecule has 4 radical (unpaired) electrons. The van der Waals surface area contributed by atoms with E-state index in [1.54, 1.807) is 12.1 Å². The highest BCUT2D eigenvalue weighted by Gasteiger charge is 2.47. The van der Waals surface area contributed by atoms with Gasteiger partial charge in [0.15, 0.2) is 0 Å². The number of likely N-dealkylation sites (tertiary alicyclic amines) is 1. The minimum atomic E-state index is -1.55. The maximum absolute atomic E-state index is 13.0. The van der Waals surface area contributed by atoms with Gasteiger partial charge in [-0.25, -0.2) is 4.39 Å². The number of aldehydes is 1. The smallest absolute Gasteiger partial charge is 0.127 e. The predicted octanol–water partition coefficient (Wildman–Crippen LogP) is 2.50. The normalized spacial score (nSPS) is 20.8. The van der Waals surface area contributed by atoms with Crippen LogP contribution in [0.5, 0.6) is 5.75 Å². The van der Waals surface area contributed by atoms with Gasteiger partial charge in [-0.3, -0.25) is 0 Å². The van der Waals surface area contributed by atoms with Crippen LogP contribution in [-0.2, 0) is 4.79 Å². The summed E-state index contributed by atoms with van der Waals surface area (Å²) in [5.41, 5.74) is 3.03. The van der Waals surface area contributed by atoms with Gasteiger partial charge in [-0.2, -0.15) is 0 Å². The Hall–Kier alpha value is -2.47. The highest BCUT2D eigenvalue weighted by molar-refractivity contribution is 6.50. The van der Waals surface area contributed by atoms with Crippen LogP contribution < -0.4 is 15.0 Å². The molecule has 0 amide bonds. The SMILES string of the molecule is [B]C([B])(C=O)N1c2c(NC)cccc2C2CN(CCCOc3ccc(F)cc3)CCC21. The minimum Gasteiger partial charge on any atom is -0.494 e. The molecule has 1 fully saturated rings. The zero-order valence-electron chi connectivity index (χ0n) is 17.8. The van der Waals surface area contributed by atoms with Crippen molar-refractivity contribution in [3.05, 3.63) is 53.8 Å². The quantitative estimate of drug-likeness (QED) is 0.407. The van der Waals surface area contributed by atoms with E-state index in [0.717, 1.165) is 43.9 Å². The van der Waals surface area contributed by atoms with E-state index in [0.29, 0.717) is 18.6 Å². The number of hydrogen-bond acceptors (Lipinski definition) is 5. The van der Waals surface area contributed by atoms with Crippen LogP contribution in [0, 0.1) is 5.82 Å². The Kier molecular flexibility index (Phi) is 6.28. The van der Waals surface area contributed by atoms with Crippen LogP contribution in [0.15, 0.2) is 42.5 Å². The van der Waals surface area contributed by atoms with Gasteiger partial charge in [0, 0.05) is 44.0 Å². The van der Waals surface area contributed by atoms with Crippen molar-refractivity contribution in [1.82, 2.24) is 4.90 Å². The number of piperidine rings is 1. The van der Waals surface area contributed by atoms with Crippen LogP contribution in [0.3, 0.4) is 0 Å². The Morgan fingerprint density at radius 2 is 2.03 bits per heavy atom. The second kappa shape index (κ2) is 8.95. The molecule has 0 spiro atoms. The zero-order chi connectivity index (χ0) is 22.0. The van der Waals surface area contributed by atoms with Crippen molar-refractivity contribution in [2.75, 3.05) is 43.5 Å². The van der Waals surface area contributed by atoms with Gasteiger partial charge in [0.25, 0.3) is 0 Å². The number of fused-ring (bicyclic) bond motifs is 3. The molecule has 8 heteroatoms. The molecule has 31 heavy (non-hydrogen) atoms. The van der Waals surface area contributed by atoms with Crippen LogP contribution >= 0.6 is 0 Å². The van der Waals surface area contributed by atoms with E-state index in [-0.39, 0.29) is 17.8 Å². The summed E-state index contributed by atoms with van der Waals surface area (Å²) >= 11 is 0. The number of rotatable bonds is 8. The molecule has 2 aromatic rings.